The van der Waals surface area contributed by atoms with E-state index in [1.54, 1.807) is 0 Å². The summed E-state index contributed by atoms with van der Waals surface area (Å²) >= 11 is 3.69. The van der Waals surface area contributed by atoms with Gasteiger partial charge in [-0.05, 0) is 12.1 Å². The van der Waals surface area contributed by atoms with Gasteiger partial charge in [-0.3, -0.25) is 4.55 Å². The molecule has 15 heteroatoms. The predicted octanol–water partition coefficient (Wildman–Crippen LogP) is 4.67. The molecule has 25 heavy (non-hydrogen) atoms. The average molecular weight is 534 g/mol. The molecule has 4 nitrogen and oxygen atoms in total. The predicted molar refractivity (Wildman–Crippen MR) is 80.1 cm³/mol. The Kier molecular flexibility index (Phi) is 7.97. The molecule has 1 aromatic carbocycles. The lowest BCUT2D eigenvalue weighted by Crippen LogP contribution is -2.54. The fraction of sp³-hybridized carbons (Fsp3) is 0.400. The van der Waals surface area contributed by atoms with Crippen molar-refractivity contribution in [2.75, 3.05) is 0 Å². The maximum atomic E-state index is 12.4. The molecule has 0 saturated carbocycles. The number of benzene rings is 1. The number of ether oxygens (including phenoxy) is 1. The second-order valence-corrected chi connectivity index (χ2v) is 7.29. The maximum absolute atomic E-state index is 12.4. The van der Waals surface area contributed by atoms with Crippen molar-refractivity contribution in [1.29, 1.82) is 0 Å². The lowest BCUT2D eigenvalue weighted by Gasteiger charge is -2.29. The van der Waals surface area contributed by atoms with Gasteiger partial charge in [-0.1, -0.05) is 18.2 Å². The fourth-order valence-electron chi connectivity index (χ4n) is 0.856. The third-order valence-electron chi connectivity index (χ3n) is 2.01. The van der Waals surface area contributed by atoms with Crippen LogP contribution in [0.4, 0.5) is 35.1 Å². The van der Waals surface area contributed by atoms with Gasteiger partial charge in [-0.25, -0.2) is 4.74 Å². The van der Waals surface area contributed by atoms with Crippen LogP contribution in [0.2, 0.25) is 0 Å². The zero-order valence-electron chi connectivity index (χ0n) is 11.3. The minimum atomic E-state index is -6.87. The number of halogens is 9. The molecular weight excluding hydrogens is 527 g/mol. The number of hydrogen-bond acceptors (Lipinski definition) is 4. The summed E-state index contributed by atoms with van der Waals surface area (Å²) in [7, 11) is -6.87. The Balaban J connectivity index is 0.000000676. The third kappa shape index (κ3) is 6.69. The van der Waals surface area contributed by atoms with E-state index < -0.39 is 54.1 Å². The lowest BCUT2D eigenvalue weighted by molar-refractivity contribution is -0.438. The molecular formula is C10H7F8IO4S2. The molecule has 0 radical (unpaired) electrons. The van der Waals surface area contributed by atoms with E-state index in [1.807, 2.05) is 35.1 Å². The molecule has 0 fully saturated rings. The van der Waals surface area contributed by atoms with E-state index in [2.05, 4.69) is 12.6 Å². The molecule has 0 aliphatic rings. The highest BCUT2D eigenvalue weighted by Crippen LogP contribution is 2.48. The second kappa shape index (κ2) is 8.10. The summed E-state index contributed by atoms with van der Waals surface area (Å²) in [6, 6.07) is 9.79. The van der Waals surface area contributed by atoms with Crippen molar-refractivity contribution in [2.45, 2.75) is 26.3 Å². The molecule has 146 valence electrons. The zero-order chi connectivity index (χ0) is 20.3. The van der Waals surface area contributed by atoms with Gasteiger partial charge in [0.1, 0.15) is 0 Å². The van der Waals surface area contributed by atoms with Gasteiger partial charge in [0.2, 0.25) is 0 Å². The van der Waals surface area contributed by atoms with Crippen LogP contribution in [0.15, 0.2) is 35.2 Å². The topological polar surface area (TPSA) is 63.6 Å². The summed E-state index contributed by atoms with van der Waals surface area (Å²) in [6.45, 7) is 0. The van der Waals surface area contributed by atoms with Crippen LogP contribution in [0.25, 0.3) is 0 Å². The monoisotopic (exact) mass is 534 g/mol. The van der Waals surface area contributed by atoms with Crippen LogP contribution in [-0.2, 0) is 14.9 Å². The Morgan fingerprint density at radius 3 is 1.56 bits per heavy atom. The molecule has 0 atom stereocenters. The highest BCUT2D eigenvalue weighted by molar-refractivity contribution is 14.1. The van der Waals surface area contributed by atoms with Crippen LogP contribution in [0.1, 0.15) is 0 Å². The molecule has 0 unspecified atom stereocenters. The highest BCUT2D eigenvalue weighted by Gasteiger charge is 2.73. The average Bonchev–Trinajstić information content (AvgIpc) is 2.36. The second-order valence-electron chi connectivity index (χ2n) is 3.96. The maximum Gasteiger partial charge on any atom is 0.460 e. The largest absolute Gasteiger partial charge is 0.460 e. The van der Waals surface area contributed by atoms with E-state index in [0.29, 0.717) is 0 Å². The highest BCUT2D eigenvalue weighted by atomic mass is 127. The van der Waals surface area contributed by atoms with E-state index in [9.17, 15) is 43.5 Å². The minimum absolute atomic E-state index is 0.390. The molecule has 0 aliphatic heterocycles. The Labute approximate surface area is 154 Å². The quantitative estimate of drug-likeness (QED) is 0.190. The first kappa shape index (κ1) is 24.6. The summed E-state index contributed by atoms with van der Waals surface area (Å²) in [4.78, 5) is 1.02. The van der Waals surface area contributed by atoms with Gasteiger partial charge in [-0.15, -0.1) is 12.6 Å². The van der Waals surface area contributed by atoms with Crippen molar-refractivity contribution >= 4 is 45.3 Å². The molecule has 0 heterocycles. The van der Waals surface area contributed by atoms with Gasteiger partial charge >= 0.3 is 31.5 Å². The van der Waals surface area contributed by atoms with Crippen molar-refractivity contribution in [3.05, 3.63) is 30.3 Å². The molecule has 0 amide bonds. The van der Waals surface area contributed by atoms with Crippen molar-refractivity contribution in [3.8, 4) is 0 Å². The summed E-state index contributed by atoms with van der Waals surface area (Å²) in [6.07, 6.45) is -12.7. The molecule has 1 rings (SSSR count). The van der Waals surface area contributed by atoms with E-state index >= 15 is 0 Å². The molecule has 0 aliphatic carbocycles. The van der Waals surface area contributed by atoms with Crippen molar-refractivity contribution < 1.29 is 52.8 Å². The van der Waals surface area contributed by atoms with Crippen LogP contribution in [-0.4, -0.2) is 34.4 Å². The van der Waals surface area contributed by atoms with E-state index in [0.717, 1.165) is 4.90 Å². The van der Waals surface area contributed by atoms with Crippen LogP contribution in [0.3, 0.4) is 0 Å². The van der Waals surface area contributed by atoms with Gasteiger partial charge in [0, 0.05) is 27.5 Å². The van der Waals surface area contributed by atoms with Gasteiger partial charge in [0.25, 0.3) is 0 Å². The lowest BCUT2D eigenvalue weighted by atomic mass is 10.4. The Morgan fingerprint density at radius 1 is 0.920 bits per heavy atom. The van der Waals surface area contributed by atoms with Crippen molar-refractivity contribution in [2.24, 2.45) is 0 Å². The molecule has 0 spiro atoms. The SMILES string of the molecule is O=S(=O)(O)C(F)(F)C(F)(F)OC(F)(F)C(F)(F)I.Sc1ccccc1. The van der Waals surface area contributed by atoms with Gasteiger partial charge < -0.3 is 0 Å². The Bertz CT molecular complexity index is 663. The normalized spacial score (nSPS) is 13.9. The summed E-state index contributed by atoms with van der Waals surface area (Å²) in [5.41, 5.74) is 0. The molecule has 0 saturated heterocycles. The van der Waals surface area contributed by atoms with Gasteiger partial charge in [-0.2, -0.15) is 43.5 Å². The minimum Gasteiger partial charge on any atom is -0.281 e. The first-order valence-corrected chi connectivity index (χ1v) is 8.43. The Hall–Kier alpha value is -0.390. The van der Waals surface area contributed by atoms with Crippen LogP contribution >= 0.6 is 35.2 Å². The first-order chi connectivity index (χ1) is 10.9. The van der Waals surface area contributed by atoms with E-state index in [1.165, 1.54) is 0 Å². The number of thiol groups is 1. The third-order valence-corrected chi connectivity index (χ3v) is 3.82. The number of alkyl halides is 9. The standard InChI is InChI=1S/C6H6S.C4HF8IO4S/c7-6-4-2-1-3-5-6;5-1(6,13)2(7,8)17-3(9,10)4(11,12)18(14,15)16/h1-5,7H;(H,14,15,16). The smallest absolute Gasteiger partial charge is 0.281 e. The molecule has 1 N–H and O–H groups in total. The molecule has 0 bridgehead atoms. The van der Waals surface area contributed by atoms with Crippen LogP contribution in [0, 0.1) is 0 Å². The van der Waals surface area contributed by atoms with E-state index in [4.69, 9.17) is 4.55 Å². The van der Waals surface area contributed by atoms with E-state index in [-0.39, 0.29) is 0 Å². The van der Waals surface area contributed by atoms with Gasteiger partial charge in [0.15, 0.2) is 0 Å². The van der Waals surface area contributed by atoms with Gasteiger partial charge in [0.05, 0.1) is 0 Å². The summed E-state index contributed by atoms with van der Waals surface area (Å²) in [5, 5.41) is -6.54. The number of hydrogen-bond donors (Lipinski definition) is 2. The number of rotatable bonds is 5. The molecule has 0 aromatic heterocycles. The van der Waals surface area contributed by atoms with Crippen molar-refractivity contribution in [1.82, 2.24) is 0 Å². The summed E-state index contributed by atoms with van der Waals surface area (Å²) in [5.74, 6) is 0. The van der Waals surface area contributed by atoms with Crippen LogP contribution in [0.5, 0.6) is 0 Å². The molecule has 1 aromatic rings. The summed E-state index contributed by atoms with van der Waals surface area (Å²) < 4.78 is 122. The van der Waals surface area contributed by atoms with Crippen LogP contribution < -0.4 is 0 Å². The fourth-order valence-corrected chi connectivity index (χ4v) is 1.48. The Morgan fingerprint density at radius 2 is 1.32 bits per heavy atom. The first-order valence-electron chi connectivity index (χ1n) is 5.46. The van der Waals surface area contributed by atoms with Crippen molar-refractivity contribution in [3.63, 3.8) is 0 Å². The zero-order valence-corrected chi connectivity index (χ0v) is 15.2.